The highest BCUT2D eigenvalue weighted by Crippen LogP contribution is 2.34. The zero-order valence-electron chi connectivity index (χ0n) is 15.3. The molecule has 1 aromatic heterocycles. The maximum Gasteiger partial charge on any atom is 0.248 e. The van der Waals surface area contributed by atoms with Gasteiger partial charge in [-0.3, -0.25) is 4.79 Å². The summed E-state index contributed by atoms with van der Waals surface area (Å²) in [5, 5.41) is 3.85. The van der Waals surface area contributed by atoms with Crippen molar-refractivity contribution in [1.29, 1.82) is 0 Å². The van der Waals surface area contributed by atoms with Crippen LogP contribution in [0, 0.1) is 0 Å². The van der Waals surface area contributed by atoms with Gasteiger partial charge in [-0.15, -0.1) is 11.3 Å². The molecule has 0 aliphatic carbocycles. The second-order valence-corrected chi connectivity index (χ2v) is 7.16. The third-order valence-electron chi connectivity index (χ3n) is 4.25. The van der Waals surface area contributed by atoms with Crippen LogP contribution >= 0.6 is 11.3 Å². The topological polar surface area (TPSA) is 51.2 Å². The number of anilines is 1. The molecule has 3 aromatic carbocycles. The lowest BCUT2D eigenvalue weighted by Gasteiger charge is -2.07. The largest absolute Gasteiger partial charge is 0.497 e. The number of hydrogen-bond donors (Lipinski definition) is 1. The molecule has 1 N–H and O–H groups in total. The van der Waals surface area contributed by atoms with Gasteiger partial charge in [0.1, 0.15) is 10.8 Å². The molecule has 0 aliphatic heterocycles. The molecule has 1 amide bonds. The lowest BCUT2D eigenvalue weighted by atomic mass is 10.1. The van der Waals surface area contributed by atoms with Crippen LogP contribution < -0.4 is 10.1 Å². The normalized spacial score (nSPS) is 11.0. The zero-order chi connectivity index (χ0) is 19.3. The number of carbonyl (C=O) groups excluding carboxylic acids is 1. The Balaban J connectivity index is 1.54. The lowest BCUT2D eigenvalue weighted by Crippen LogP contribution is -2.08. The summed E-state index contributed by atoms with van der Waals surface area (Å²) in [5.41, 5.74) is 3.54. The Labute approximate surface area is 167 Å². The summed E-state index contributed by atoms with van der Waals surface area (Å²) in [6.07, 6.45) is 3.30. The van der Waals surface area contributed by atoms with Crippen molar-refractivity contribution in [3.8, 4) is 16.3 Å². The number of para-hydroxylation sites is 2. The second-order valence-electron chi connectivity index (χ2n) is 6.13. The molecule has 0 fully saturated rings. The number of nitrogens with one attached hydrogen (secondary N) is 1. The quantitative estimate of drug-likeness (QED) is 0.453. The molecule has 1 heterocycles. The van der Waals surface area contributed by atoms with Gasteiger partial charge in [0.25, 0.3) is 0 Å². The first kappa shape index (κ1) is 17.9. The fourth-order valence-electron chi connectivity index (χ4n) is 2.83. The third kappa shape index (κ3) is 3.94. The van der Waals surface area contributed by atoms with Crippen LogP contribution in [-0.2, 0) is 4.79 Å². The van der Waals surface area contributed by atoms with Gasteiger partial charge in [-0.1, -0.05) is 36.4 Å². The van der Waals surface area contributed by atoms with E-state index in [4.69, 9.17) is 9.72 Å². The smallest absolute Gasteiger partial charge is 0.248 e. The minimum atomic E-state index is -0.190. The van der Waals surface area contributed by atoms with Gasteiger partial charge >= 0.3 is 0 Å². The van der Waals surface area contributed by atoms with E-state index in [9.17, 15) is 4.79 Å². The number of hydrogen-bond acceptors (Lipinski definition) is 4. The summed E-state index contributed by atoms with van der Waals surface area (Å²) in [4.78, 5) is 17.1. The molecule has 5 heteroatoms. The van der Waals surface area contributed by atoms with E-state index in [-0.39, 0.29) is 5.91 Å². The number of nitrogens with zero attached hydrogens (tertiary/aromatic N) is 1. The van der Waals surface area contributed by atoms with Crippen molar-refractivity contribution < 1.29 is 9.53 Å². The minimum Gasteiger partial charge on any atom is -0.497 e. The molecule has 0 aliphatic rings. The Morgan fingerprint density at radius 2 is 1.75 bits per heavy atom. The monoisotopic (exact) mass is 386 g/mol. The fourth-order valence-corrected chi connectivity index (χ4v) is 3.83. The van der Waals surface area contributed by atoms with E-state index in [0.29, 0.717) is 0 Å². The fraction of sp³-hybridized carbons (Fsp3) is 0.0435. The van der Waals surface area contributed by atoms with Crippen molar-refractivity contribution in [2.24, 2.45) is 0 Å². The SMILES string of the molecule is COc1ccc(C=CC(=O)Nc2ccccc2-c2nc3ccccc3s2)cc1. The number of ether oxygens (including phenoxy) is 1. The van der Waals surface area contributed by atoms with Crippen LogP contribution in [0.15, 0.2) is 78.9 Å². The zero-order valence-corrected chi connectivity index (χ0v) is 16.1. The minimum absolute atomic E-state index is 0.190. The van der Waals surface area contributed by atoms with Crippen LogP contribution in [0.2, 0.25) is 0 Å². The number of methoxy groups -OCH3 is 1. The predicted molar refractivity (Wildman–Crippen MR) is 116 cm³/mol. The Bertz CT molecular complexity index is 1110. The molecule has 0 saturated carbocycles. The van der Waals surface area contributed by atoms with Crippen LogP contribution in [0.4, 0.5) is 5.69 Å². The lowest BCUT2D eigenvalue weighted by molar-refractivity contribution is -0.111. The van der Waals surface area contributed by atoms with E-state index in [1.807, 2.05) is 66.7 Å². The highest BCUT2D eigenvalue weighted by Gasteiger charge is 2.11. The van der Waals surface area contributed by atoms with Gasteiger partial charge in [0, 0.05) is 11.6 Å². The third-order valence-corrected chi connectivity index (χ3v) is 5.32. The van der Waals surface area contributed by atoms with E-state index in [1.165, 1.54) is 6.08 Å². The van der Waals surface area contributed by atoms with Crippen LogP contribution in [-0.4, -0.2) is 18.0 Å². The van der Waals surface area contributed by atoms with E-state index < -0.39 is 0 Å². The first-order chi connectivity index (χ1) is 13.7. The second kappa shape index (κ2) is 8.06. The number of carbonyl (C=O) groups is 1. The van der Waals surface area contributed by atoms with Crippen molar-refractivity contribution in [3.05, 3.63) is 84.4 Å². The van der Waals surface area contributed by atoms with Gasteiger partial charge in [0.05, 0.1) is 23.0 Å². The molecule has 4 aromatic rings. The summed E-state index contributed by atoms with van der Waals surface area (Å²) in [6.45, 7) is 0. The van der Waals surface area contributed by atoms with Crippen molar-refractivity contribution in [2.75, 3.05) is 12.4 Å². The number of rotatable bonds is 5. The predicted octanol–water partition coefficient (Wildman–Crippen LogP) is 5.62. The molecule has 0 unspecified atom stereocenters. The van der Waals surface area contributed by atoms with Crippen LogP contribution in [0.5, 0.6) is 5.75 Å². The van der Waals surface area contributed by atoms with Crippen LogP contribution in [0.1, 0.15) is 5.56 Å². The number of benzene rings is 3. The summed E-state index contributed by atoms with van der Waals surface area (Å²) in [5.74, 6) is 0.593. The standard InChI is InChI=1S/C23H18N2O2S/c1-27-17-13-10-16(11-14-17)12-15-22(26)24-19-7-3-2-6-18(19)23-25-20-8-4-5-9-21(20)28-23/h2-15H,1H3,(H,24,26). The van der Waals surface area contributed by atoms with Gasteiger partial charge < -0.3 is 10.1 Å². The number of thiazole rings is 1. The van der Waals surface area contributed by atoms with E-state index in [2.05, 4.69) is 11.4 Å². The molecule has 0 bridgehead atoms. The number of fused-ring (bicyclic) bond motifs is 1. The maximum atomic E-state index is 12.4. The van der Waals surface area contributed by atoms with Gasteiger partial charge in [-0.05, 0) is 48.0 Å². The van der Waals surface area contributed by atoms with Crippen LogP contribution in [0.3, 0.4) is 0 Å². The molecular weight excluding hydrogens is 368 g/mol. The first-order valence-corrected chi connectivity index (χ1v) is 9.63. The molecule has 28 heavy (non-hydrogen) atoms. The van der Waals surface area contributed by atoms with E-state index in [0.717, 1.165) is 37.8 Å². The highest BCUT2D eigenvalue weighted by molar-refractivity contribution is 7.21. The Kier molecular flexibility index (Phi) is 5.17. The van der Waals surface area contributed by atoms with E-state index >= 15 is 0 Å². The first-order valence-electron chi connectivity index (χ1n) is 8.81. The van der Waals surface area contributed by atoms with Crippen molar-refractivity contribution in [3.63, 3.8) is 0 Å². The Hall–Kier alpha value is -3.44. The van der Waals surface area contributed by atoms with Crippen molar-refractivity contribution in [1.82, 2.24) is 4.98 Å². The van der Waals surface area contributed by atoms with Crippen LogP contribution in [0.25, 0.3) is 26.9 Å². The summed E-state index contributed by atoms with van der Waals surface area (Å²) in [6, 6.07) is 23.3. The highest BCUT2D eigenvalue weighted by atomic mass is 32.1. The number of aromatic nitrogens is 1. The molecule has 0 saturated heterocycles. The summed E-state index contributed by atoms with van der Waals surface area (Å²) in [7, 11) is 1.63. The van der Waals surface area contributed by atoms with Gasteiger partial charge in [0.2, 0.25) is 5.91 Å². The Morgan fingerprint density at radius 1 is 1.00 bits per heavy atom. The molecule has 4 rings (SSSR count). The number of amides is 1. The maximum absolute atomic E-state index is 12.4. The van der Waals surface area contributed by atoms with Crippen molar-refractivity contribution >= 4 is 39.2 Å². The molecule has 4 nitrogen and oxygen atoms in total. The molecular formula is C23H18N2O2S. The van der Waals surface area contributed by atoms with Gasteiger partial charge in [-0.2, -0.15) is 0 Å². The van der Waals surface area contributed by atoms with E-state index in [1.54, 1.807) is 24.5 Å². The molecule has 0 atom stereocenters. The molecule has 138 valence electrons. The summed E-state index contributed by atoms with van der Waals surface area (Å²) >= 11 is 1.61. The molecule has 0 spiro atoms. The van der Waals surface area contributed by atoms with Crippen molar-refractivity contribution in [2.45, 2.75) is 0 Å². The average Bonchev–Trinajstić information content (AvgIpc) is 3.17. The summed E-state index contributed by atoms with van der Waals surface area (Å²) < 4.78 is 6.27. The average molecular weight is 386 g/mol. The molecule has 0 radical (unpaired) electrons. The Morgan fingerprint density at radius 3 is 2.54 bits per heavy atom. The van der Waals surface area contributed by atoms with Gasteiger partial charge in [0.15, 0.2) is 0 Å². The van der Waals surface area contributed by atoms with Gasteiger partial charge in [-0.25, -0.2) is 4.98 Å².